The molecule has 1 unspecified atom stereocenters. The van der Waals surface area contributed by atoms with Crippen molar-refractivity contribution in [3.8, 4) is 0 Å². The lowest BCUT2D eigenvalue weighted by Gasteiger charge is -2.36. The zero-order chi connectivity index (χ0) is 19.6. The summed E-state index contributed by atoms with van der Waals surface area (Å²) < 4.78 is 28.3. The van der Waals surface area contributed by atoms with Crippen molar-refractivity contribution in [2.75, 3.05) is 35.8 Å². The highest BCUT2D eigenvalue weighted by Gasteiger charge is 2.34. The summed E-state index contributed by atoms with van der Waals surface area (Å²) in [6, 6.07) is 6.29. The SMILES string of the molecule is CCN(c1ccc(C(CC(=O)OC)C2CC2)cc1N)C1CCS(=O)(=O)CC1. The molecule has 2 N–H and O–H groups in total. The lowest BCUT2D eigenvalue weighted by molar-refractivity contribution is -0.141. The summed E-state index contributed by atoms with van der Waals surface area (Å²) in [5, 5.41) is 0. The fourth-order valence-corrected chi connectivity index (χ4v) is 5.66. The van der Waals surface area contributed by atoms with E-state index in [1.54, 1.807) is 0 Å². The zero-order valence-electron chi connectivity index (χ0n) is 16.2. The summed E-state index contributed by atoms with van der Waals surface area (Å²) in [6.45, 7) is 2.85. The van der Waals surface area contributed by atoms with E-state index in [1.807, 2.05) is 12.1 Å². The Bertz CT molecular complexity index is 775. The normalized spacial score (nSPS) is 20.8. The molecule has 1 atom stereocenters. The van der Waals surface area contributed by atoms with Gasteiger partial charge in [0.15, 0.2) is 0 Å². The highest BCUT2D eigenvalue weighted by Crippen LogP contribution is 2.45. The molecular weight excluding hydrogens is 364 g/mol. The topological polar surface area (TPSA) is 89.7 Å². The maximum Gasteiger partial charge on any atom is 0.306 e. The van der Waals surface area contributed by atoms with Crippen LogP contribution in [0.15, 0.2) is 18.2 Å². The Kier molecular flexibility index (Phi) is 5.99. The summed E-state index contributed by atoms with van der Waals surface area (Å²) in [5.41, 5.74) is 9.14. The molecule has 1 aliphatic carbocycles. The molecule has 1 saturated carbocycles. The Balaban J connectivity index is 1.79. The second-order valence-electron chi connectivity index (χ2n) is 7.71. The van der Waals surface area contributed by atoms with Crippen molar-refractivity contribution in [2.45, 2.75) is 51.0 Å². The van der Waals surface area contributed by atoms with Crippen molar-refractivity contribution in [1.82, 2.24) is 0 Å². The molecule has 1 aromatic rings. The van der Waals surface area contributed by atoms with Crippen LogP contribution in [-0.4, -0.2) is 45.6 Å². The van der Waals surface area contributed by atoms with Gasteiger partial charge >= 0.3 is 5.97 Å². The molecule has 1 heterocycles. The van der Waals surface area contributed by atoms with E-state index in [-0.39, 0.29) is 29.4 Å². The smallest absolute Gasteiger partial charge is 0.306 e. The van der Waals surface area contributed by atoms with Crippen LogP contribution in [-0.2, 0) is 19.4 Å². The highest BCUT2D eigenvalue weighted by atomic mass is 32.2. The average molecular weight is 395 g/mol. The first kappa shape index (κ1) is 20.0. The number of nitrogens with two attached hydrogens (primary N) is 1. The number of benzene rings is 1. The molecule has 3 rings (SSSR count). The largest absolute Gasteiger partial charge is 0.469 e. The van der Waals surface area contributed by atoms with Gasteiger partial charge < -0.3 is 15.4 Å². The number of carbonyl (C=O) groups is 1. The first-order valence-electron chi connectivity index (χ1n) is 9.78. The van der Waals surface area contributed by atoms with Crippen LogP contribution in [0.4, 0.5) is 11.4 Å². The number of ether oxygens (including phenoxy) is 1. The summed E-state index contributed by atoms with van der Waals surface area (Å²) in [6.07, 6.45) is 3.95. The van der Waals surface area contributed by atoms with Gasteiger partial charge in [0.2, 0.25) is 0 Å². The molecule has 7 heteroatoms. The number of nitrogens with zero attached hydrogens (tertiary/aromatic N) is 1. The van der Waals surface area contributed by atoms with Gasteiger partial charge in [-0.1, -0.05) is 6.07 Å². The Morgan fingerprint density at radius 3 is 2.44 bits per heavy atom. The lowest BCUT2D eigenvalue weighted by Crippen LogP contribution is -2.41. The first-order valence-corrected chi connectivity index (χ1v) is 11.6. The number of hydrogen-bond acceptors (Lipinski definition) is 6. The molecule has 0 bridgehead atoms. The maximum absolute atomic E-state index is 11.8. The third-order valence-electron chi connectivity index (χ3n) is 5.90. The van der Waals surface area contributed by atoms with Crippen LogP contribution in [0, 0.1) is 5.92 Å². The van der Waals surface area contributed by atoms with Crippen LogP contribution < -0.4 is 10.6 Å². The number of sulfone groups is 1. The Hall–Kier alpha value is -1.76. The van der Waals surface area contributed by atoms with Gasteiger partial charge in [0, 0.05) is 12.6 Å². The number of methoxy groups -OCH3 is 1. The zero-order valence-corrected chi connectivity index (χ0v) is 17.0. The Labute approximate surface area is 162 Å². The van der Waals surface area contributed by atoms with Crippen LogP contribution in [0.1, 0.15) is 50.5 Å². The Morgan fingerprint density at radius 1 is 1.26 bits per heavy atom. The molecule has 0 radical (unpaired) electrons. The predicted molar refractivity (Wildman–Crippen MR) is 108 cm³/mol. The van der Waals surface area contributed by atoms with E-state index in [2.05, 4.69) is 17.9 Å². The van der Waals surface area contributed by atoms with Crippen molar-refractivity contribution in [1.29, 1.82) is 0 Å². The number of esters is 1. The lowest BCUT2D eigenvalue weighted by atomic mass is 9.90. The number of carbonyl (C=O) groups excluding carboxylic acids is 1. The van der Waals surface area contributed by atoms with Gasteiger partial charge in [-0.25, -0.2) is 8.42 Å². The second-order valence-corrected chi connectivity index (χ2v) is 10.0. The van der Waals surface area contributed by atoms with Gasteiger partial charge in [0.05, 0.1) is 36.4 Å². The van der Waals surface area contributed by atoms with Gasteiger partial charge in [-0.3, -0.25) is 4.79 Å². The van der Waals surface area contributed by atoms with Gasteiger partial charge in [-0.2, -0.15) is 0 Å². The minimum atomic E-state index is -2.89. The van der Waals surface area contributed by atoms with E-state index in [1.165, 1.54) is 7.11 Å². The highest BCUT2D eigenvalue weighted by molar-refractivity contribution is 7.91. The number of hydrogen-bond donors (Lipinski definition) is 1. The predicted octanol–water partition coefficient (Wildman–Crippen LogP) is 2.73. The van der Waals surface area contributed by atoms with Crippen molar-refractivity contribution < 1.29 is 17.9 Å². The molecule has 0 amide bonds. The fourth-order valence-electron chi connectivity index (χ4n) is 4.20. The quantitative estimate of drug-likeness (QED) is 0.565. The van der Waals surface area contributed by atoms with Crippen molar-refractivity contribution >= 4 is 27.2 Å². The third-order valence-corrected chi connectivity index (χ3v) is 7.62. The minimum absolute atomic E-state index is 0.156. The molecule has 0 aromatic heterocycles. The third kappa shape index (κ3) is 4.75. The Morgan fingerprint density at radius 2 is 1.93 bits per heavy atom. The van der Waals surface area contributed by atoms with E-state index in [4.69, 9.17) is 10.5 Å². The minimum Gasteiger partial charge on any atom is -0.469 e. The van der Waals surface area contributed by atoms with Gasteiger partial charge in [-0.05, 0) is 62.1 Å². The van der Waals surface area contributed by atoms with Crippen LogP contribution >= 0.6 is 0 Å². The van der Waals surface area contributed by atoms with E-state index < -0.39 is 9.84 Å². The number of nitrogen functional groups attached to an aromatic ring is 1. The van der Waals surface area contributed by atoms with E-state index in [9.17, 15) is 13.2 Å². The van der Waals surface area contributed by atoms with E-state index >= 15 is 0 Å². The van der Waals surface area contributed by atoms with Crippen LogP contribution in [0.5, 0.6) is 0 Å². The summed E-state index contributed by atoms with van der Waals surface area (Å²) in [7, 11) is -1.46. The average Bonchev–Trinajstić information content (AvgIpc) is 3.47. The number of rotatable bonds is 7. The molecule has 27 heavy (non-hydrogen) atoms. The van der Waals surface area contributed by atoms with Crippen molar-refractivity contribution in [3.05, 3.63) is 23.8 Å². The molecule has 6 nitrogen and oxygen atoms in total. The fraction of sp³-hybridized carbons (Fsp3) is 0.650. The molecule has 150 valence electrons. The molecule has 0 spiro atoms. The van der Waals surface area contributed by atoms with Crippen LogP contribution in [0.25, 0.3) is 0 Å². The summed E-state index contributed by atoms with van der Waals surface area (Å²) >= 11 is 0. The van der Waals surface area contributed by atoms with E-state index in [0.717, 1.165) is 30.6 Å². The second kappa shape index (κ2) is 8.09. The van der Waals surface area contributed by atoms with Gasteiger partial charge in [-0.15, -0.1) is 0 Å². The van der Waals surface area contributed by atoms with Crippen molar-refractivity contribution in [3.63, 3.8) is 0 Å². The van der Waals surface area contributed by atoms with Crippen LogP contribution in [0.3, 0.4) is 0 Å². The van der Waals surface area contributed by atoms with Gasteiger partial charge in [0.25, 0.3) is 0 Å². The van der Waals surface area contributed by atoms with Gasteiger partial charge in [0.1, 0.15) is 9.84 Å². The molecule has 1 aromatic carbocycles. The van der Waals surface area contributed by atoms with Crippen LogP contribution in [0.2, 0.25) is 0 Å². The molecule has 1 saturated heterocycles. The van der Waals surface area contributed by atoms with E-state index in [0.29, 0.717) is 30.9 Å². The monoisotopic (exact) mass is 394 g/mol. The standard InChI is InChI=1S/C20H30N2O4S/c1-3-22(16-8-10-27(24,25)11-9-16)19-7-6-15(12-18(19)21)17(14-4-5-14)13-20(23)26-2/h6-7,12,14,16-17H,3-5,8-11,13,21H2,1-2H3. The molecule has 2 fully saturated rings. The molecule has 1 aliphatic heterocycles. The summed E-state index contributed by atoms with van der Waals surface area (Å²) in [5.74, 6) is 0.987. The first-order chi connectivity index (χ1) is 12.8. The molecule has 2 aliphatic rings. The number of anilines is 2. The summed E-state index contributed by atoms with van der Waals surface area (Å²) in [4.78, 5) is 14.0. The molecular formula is C20H30N2O4S. The van der Waals surface area contributed by atoms with Crippen molar-refractivity contribution in [2.24, 2.45) is 5.92 Å². The maximum atomic E-state index is 11.8.